The molecule has 42 heavy (non-hydrogen) atoms. The van der Waals surface area contributed by atoms with E-state index >= 15 is 0 Å². The molecular weight excluding hydrogens is 550 g/mol. The average molecular weight is 584 g/mol. The van der Waals surface area contributed by atoms with Crippen LogP contribution < -0.4 is 19.7 Å². The third-order valence-corrected chi connectivity index (χ3v) is 8.59. The number of benzene rings is 2. The number of carbonyl (C=O) groups excluding carboxylic acids is 2. The van der Waals surface area contributed by atoms with E-state index in [2.05, 4.69) is 31.1 Å². The lowest BCUT2D eigenvalue weighted by molar-refractivity contribution is -0.123. The third kappa shape index (κ3) is 5.34. The van der Waals surface area contributed by atoms with Crippen molar-refractivity contribution in [3.8, 4) is 17.2 Å². The van der Waals surface area contributed by atoms with Gasteiger partial charge in [-0.05, 0) is 48.4 Å². The standard InChI is InChI=1S/C32H33N5O4S/c1-20-9-5-6-11-23(20)37-31-28(30(35-37)32(2,3)4)29(21-12-13-24-25(15-21)41-19-40-24)42-18-27(39)36(31)17-26(38)34-16-22-10-7-8-14-33-22/h5-15,29H,16-19H2,1-4H3,(H,34,38)/t29-/m0/s1. The van der Waals surface area contributed by atoms with E-state index in [1.807, 2.05) is 72.3 Å². The zero-order chi connectivity index (χ0) is 29.4. The maximum atomic E-state index is 13.9. The second-order valence-electron chi connectivity index (χ2n) is 11.4. The molecule has 2 aliphatic heterocycles. The Morgan fingerprint density at radius 2 is 1.86 bits per heavy atom. The van der Waals surface area contributed by atoms with Crippen LogP contribution in [-0.2, 0) is 21.5 Å². The second-order valence-corrected chi connectivity index (χ2v) is 12.5. The van der Waals surface area contributed by atoms with Crippen LogP contribution in [0.5, 0.6) is 11.5 Å². The Morgan fingerprint density at radius 3 is 2.62 bits per heavy atom. The average Bonchev–Trinajstić information content (AvgIpc) is 3.58. The number of carbonyl (C=O) groups is 2. The van der Waals surface area contributed by atoms with Crippen molar-refractivity contribution in [2.45, 2.75) is 44.9 Å². The van der Waals surface area contributed by atoms with E-state index in [-0.39, 0.29) is 48.1 Å². The van der Waals surface area contributed by atoms with Crippen LogP contribution in [0, 0.1) is 6.92 Å². The first-order valence-electron chi connectivity index (χ1n) is 13.9. The summed E-state index contributed by atoms with van der Waals surface area (Å²) in [5, 5.41) is 7.89. The topological polar surface area (TPSA) is 98.6 Å². The number of hydrogen-bond acceptors (Lipinski definition) is 7. The lowest BCUT2D eigenvalue weighted by atomic mass is 9.87. The number of anilines is 1. The van der Waals surface area contributed by atoms with Gasteiger partial charge in [0, 0.05) is 17.2 Å². The predicted molar refractivity (Wildman–Crippen MR) is 162 cm³/mol. The first-order valence-corrected chi connectivity index (χ1v) is 14.9. The van der Waals surface area contributed by atoms with E-state index in [1.54, 1.807) is 11.1 Å². The van der Waals surface area contributed by atoms with Gasteiger partial charge in [0.25, 0.3) is 0 Å². The van der Waals surface area contributed by atoms with Crippen LogP contribution >= 0.6 is 11.8 Å². The summed E-state index contributed by atoms with van der Waals surface area (Å²) >= 11 is 1.53. The molecule has 0 aliphatic carbocycles. The van der Waals surface area contributed by atoms with Crippen LogP contribution in [0.1, 0.15) is 54.1 Å². The van der Waals surface area contributed by atoms with E-state index in [1.165, 1.54) is 11.8 Å². The zero-order valence-electron chi connectivity index (χ0n) is 24.1. The molecule has 0 unspecified atom stereocenters. The van der Waals surface area contributed by atoms with Crippen LogP contribution in [-0.4, -0.2) is 45.7 Å². The van der Waals surface area contributed by atoms with E-state index in [0.29, 0.717) is 17.3 Å². The highest BCUT2D eigenvalue weighted by molar-refractivity contribution is 8.00. The molecule has 0 bridgehead atoms. The molecule has 1 atom stereocenters. The molecule has 10 heteroatoms. The van der Waals surface area contributed by atoms with Crippen molar-refractivity contribution in [1.29, 1.82) is 0 Å². The van der Waals surface area contributed by atoms with Gasteiger partial charge in [-0.1, -0.05) is 51.1 Å². The number of pyridine rings is 1. The summed E-state index contributed by atoms with van der Waals surface area (Å²) in [6.45, 7) is 8.69. The number of amides is 2. The minimum atomic E-state index is -0.354. The third-order valence-electron chi connectivity index (χ3n) is 7.34. The van der Waals surface area contributed by atoms with Gasteiger partial charge < -0.3 is 14.8 Å². The van der Waals surface area contributed by atoms with Gasteiger partial charge >= 0.3 is 0 Å². The van der Waals surface area contributed by atoms with Crippen LogP contribution in [0.4, 0.5) is 5.82 Å². The maximum absolute atomic E-state index is 13.9. The number of aryl methyl sites for hydroxylation is 1. The molecular formula is C32H33N5O4S. The number of thioether (sulfide) groups is 1. The highest BCUT2D eigenvalue weighted by Crippen LogP contribution is 2.50. The van der Waals surface area contributed by atoms with Crippen molar-refractivity contribution in [3.63, 3.8) is 0 Å². The number of ether oxygens (including phenoxy) is 2. The fourth-order valence-corrected chi connectivity index (χ4v) is 6.46. The zero-order valence-corrected chi connectivity index (χ0v) is 24.9. The van der Waals surface area contributed by atoms with Crippen LogP contribution in [0.3, 0.4) is 0 Å². The van der Waals surface area contributed by atoms with Gasteiger partial charge in [-0.25, -0.2) is 4.68 Å². The Morgan fingerprint density at radius 1 is 1.07 bits per heavy atom. The Balaban J connectivity index is 1.49. The Labute approximate surface area is 249 Å². The van der Waals surface area contributed by atoms with Crippen molar-refractivity contribution in [1.82, 2.24) is 20.1 Å². The molecule has 4 aromatic rings. The monoisotopic (exact) mass is 583 g/mol. The number of nitrogens with one attached hydrogen (secondary N) is 1. The SMILES string of the molecule is Cc1ccccc1-n1nc(C(C)(C)C)c2c1N(CC(=O)NCc1ccccn1)C(=O)CS[C@H]2c1ccc2c(c1)OCO2. The smallest absolute Gasteiger partial charge is 0.240 e. The van der Waals surface area contributed by atoms with E-state index in [0.717, 1.165) is 33.8 Å². The van der Waals surface area contributed by atoms with Crippen molar-refractivity contribution in [2.75, 3.05) is 24.0 Å². The largest absolute Gasteiger partial charge is 0.454 e. The normalized spacial score (nSPS) is 16.2. The summed E-state index contributed by atoms with van der Waals surface area (Å²) in [6, 6.07) is 19.4. The maximum Gasteiger partial charge on any atom is 0.240 e. The minimum Gasteiger partial charge on any atom is -0.454 e. The van der Waals surface area contributed by atoms with Crippen LogP contribution in [0.25, 0.3) is 5.69 Å². The molecule has 6 rings (SSSR count). The summed E-state index contributed by atoms with van der Waals surface area (Å²) in [6.07, 6.45) is 1.69. The van der Waals surface area contributed by atoms with Crippen molar-refractivity contribution in [3.05, 3.63) is 94.9 Å². The summed E-state index contributed by atoms with van der Waals surface area (Å²) in [5.41, 5.74) is 5.01. The van der Waals surface area contributed by atoms with Crippen LogP contribution in [0.2, 0.25) is 0 Å². The van der Waals surface area contributed by atoms with Crippen molar-refractivity contribution in [2.24, 2.45) is 0 Å². The Kier molecular flexibility index (Phi) is 7.40. The molecule has 2 aromatic carbocycles. The molecule has 216 valence electrons. The molecule has 0 spiro atoms. The van der Waals surface area contributed by atoms with Gasteiger partial charge in [0.1, 0.15) is 12.4 Å². The number of para-hydroxylation sites is 1. The molecule has 2 amide bonds. The van der Waals surface area contributed by atoms with Gasteiger partial charge in [-0.2, -0.15) is 5.10 Å². The van der Waals surface area contributed by atoms with Gasteiger partial charge in [0.15, 0.2) is 11.5 Å². The fraction of sp³-hybridized carbons (Fsp3) is 0.312. The highest BCUT2D eigenvalue weighted by atomic mass is 32.2. The molecule has 0 saturated carbocycles. The van der Waals surface area contributed by atoms with E-state index in [4.69, 9.17) is 14.6 Å². The molecule has 4 heterocycles. The first kappa shape index (κ1) is 27.8. The number of nitrogens with zero attached hydrogens (tertiary/aromatic N) is 4. The van der Waals surface area contributed by atoms with Gasteiger partial charge in [0.05, 0.1) is 34.6 Å². The molecule has 9 nitrogen and oxygen atoms in total. The number of hydrogen-bond donors (Lipinski definition) is 1. The summed E-state index contributed by atoms with van der Waals surface area (Å²) in [5.74, 6) is 1.75. The molecule has 2 aromatic heterocycles. The molecule has 0 fully saturated rings. The van der Waals surface area contributed by atoms with Crippen molar-refractivity contribution < 1.29 is 19.1 Å². The Bertz CT molecular complexity index is 1650. The highest BCUT2D eigenvalue weighted by Gasteiger charge is 2.40. The lowest BCUT2D eigenvalue weighted by Gasteiger charge is -2.25. The number of rotatable bonds is 6. The summed E-state index contributed by atoms with van der Waals surface area (Å²) in [7, 11) is 0. The second kappa shape index (κ2) is 11.2. The predicted octanol–water partition coefficient (Wildman–Crippen LogP) is 5.09. The van der Waals surface area contributed by atoms with E-state index in [9.17, 15) is 9.59 Å². The molecule has 2 aliphatic rings. The van der Waals surface area contributed by atoms with Gasteiger partial charge in [0.2, 0.25) is 18.6 Å². The van der Waals surface area contributed by atoms with Gasteiger partial charge in [-0.3, -0.25) is 19.5 Å². The minimum absolute atomic E-state index is 0.145. The Hall–Kier alpha value is -4.31. The van der Waals surface area contributed by atoms with E-state index < -0.39 is 0 Å². The lowest BCUT2D eigenvalue weighted by Crippen LogP contribution is -2.42. The molecule has 0 saturated heterocycles. The number of aromatic nitrogens is 3. The fourth-order valence-electron chi connectivity index (χ4n) is 5.27. The summed E-state index contributed by atoms with van der Waals surface area (Å²) in [4.78, 5) is 33.1. The van der Waals surface area contributed by atoms with Gasteiger partial charge in [-0.15, -0.1) is 11.8 Å². The molecule has 0 radical (unpaired) electrons. The van der Waals surface area contributed by atoms with Crippen molar-refractivity contribution >= 4 is 29.4 Å². The quantitative estimate of drug-likeness (QED) is 0.338. The summed E-state index contributed by atoms with van der Waals surface area (Å²) < 4.78 is 13.1. The number of fused-ring (bicyclic) bond motifs is 2. The molecule has 1 N–H and O–H groups in total. The first-order chi connectivity index (χ1) is 20.2. The van der Waals surface area contributed by atoms with Crippen LogP contribution in [0.15, 0.2) is 66.9 Å².